The normalized spacial score (nSPS) is 11.0. The molecule has 5 heterocycles. The molecule has 12 rings (SSSR count). The zero-order valence-electron chi connectivity index (χ0n) is 62.5. The van der Waals surface area contributed by atoms with E-state index in [4.69, 9.17) is 53.1 Å². The smallest absolute Gasteiger partial charge is 0.506 e. The number of nitrogens with two attached hydrogens (primary N) is 3. The van der Waals surface area contributed by atoms with Crippen LogP contribution in [0, 0.1) is 34.9 Å². The summed E-state index contributed by atoms with van der Waals surface area (Å²) in [5.74, 6) is -3.59. The number of aliphatic imine (C=N–C) groups is 1. The maximum atomic E-state index is 13.9. The Kier molecular flexibility index (Phi) is 36.7. The number of hydrogen-bond acceptors (Lipinski definition) is 30. The number of amides is 3. The monoisotopic (exact) mass is 1920 g/mol. The first-order valence-corrected chi connectivity index (χ1v) is 38.5. The first kappa shape index (κ1) is 99.6. The van der Waals surface area contributed by atoms with Crippen molar-refractivity contribution in [2.45, 2.75) is 97.5 Å². The van der Waals surface area contributed by atoms with Crippen molar-refractivity contribution in [2.24, 2.45) is 10.7 Å². The molecule has 47 heteroatoms. The van der Waals surface area contributed by atoms with E-state index in [-0.39, 0.29) is 121 Å². The summed E-state index contributed by atoms with van der Waals surface area (Å²) in [5.41, 5.74) is 10.3. The van der Waals surface area contributed by atoms with E-state index in [1.807, 2.05) is 11.2 Å². The van der Waals surface area contributed by atoms with Gasteiger partial charge in [0.15, 0.2) is 26.3 Å². The second-order valence-corrected chi connectivity index (χ2v) is 32.9. The average Bonchev–Trinajstić information content (AvgIpc) is 1.53. The highest BCUT2D eigenvalue weighted by Gasteiger charge is 2.49. The van der Waals surface area contributed by atoms with Crippen molar-refractivity contribution in [3.8, 4) is 28.7 Å². The molecule has 27 nitrogen and oxygen atoms in total. The molecule has 0 fully saturated rings. The zero-order valence-corrected chi connectivity index (χ0v) is 72.4. The predicted molar refractivity (Wildman–Crippen MR) is 451 cm³/mol. The zero-order chi connectivity index (χ0) is 86.0. The molecule has 0 aliphatic rings. The van der Waals surface area contributed by atoms with Crippen molar-refractivity contribution in [2.75, 3.05) is 36.3 Å². The van der Waals surface area contributed by atoms with Crippen LogP contribution in [0.4, 0.5) is 69.6 Å². The van der Waals surface area contributed by atoms with E-state index in [9.17, 15) is 87.4 Å². The lowest BCUT2D eigenvalue weighted by Crippen LogP contribution is -2.30. The topological polar surface area (TPSA) is 418 Å². The molecular formula is C70H69BBr2F9N11O16S8. The second-order valence-electron chi connectivity index (χ2n) is 25.6. The minimum absolute atomic E-state index is 0. The summed E-state index contributed by atoms with van der Waals surface area (Å²) in [4.78, 5) is 69.2. The molecule has 0 bridgehead atoms. The lowest BCUT2D eigenvalue weighted by Gasteiger charge is -2.18. The van der Waals surface area contributed by atoms with Gasteiger partial charge in [-0.1, -0.05) is 81.8 Å². The molecule has 0 saturated heterocycles. The van der Waals surface area contributed by atoms with Gasteiger partial charge in [0, 0.05) is 23.0 Å². The number of carbonyl (C=O) groups is 4. The van der Waals surface area contributed by atoms with Gasteiger partial charge in [-0.05, 0) is 159 Å². The van der Waals surface area contributed by atoms with Crippen LogP contribution in [0.3, 0.4) is 0 Å². The Labute approximate surface area is 711 Å². The van der Waals surface area contributed by atoms with E-state index >= 15 is 0 Å². The summed E-state index contributed by atoms with van der Waals surface area (Å²) in [6.07, 6.45) is -1.33. The first-order chi connectivity index (χ1) is 53.5. The Morgan fingerprint density at radius 3 is 1.40 bits per heavy atom. The van der Waals surface area contributed by atoms with Gasteiger partial charge in [0.05, 0.1) is 59.8 Å². The van der Waals surface area contributed by atoms with Crippen LogP contribution < -0.4 is 47.0 Å². The number of thiazole rings is 5. The number of rotatable bonds is 12. The van der Waals surface area contributed by atoms with Crippen molar-refractivity contribution in [3.63, 3.8) is 0 Å². The predicted octanol–water partition coefficient (Wildman–Crippen LogP) is 17.0. The lowest BCUT2D eigenvalue weighted by molar-refractivity contribution is -0.153. The van der Waals surface area contributed by atoms with Gasteiger partial charge in [-0.2, -0.15) is 26.6 Å². The number of alkyl halides is 3. The number of nitrogen functional groups attached to an aromatic ring is 2. The molecule has 0 spiro atoms. The number of nitrogens with one attached hydrogen (secondary N) is 2. The number of aromatic nitrogens is 5. The van der Waals surface area contributed by atoms with Crippen LogP contribution in [-0.2, 0) is 42.0 Å². The maximum Gasteiger partial charge on any atom is 0.534 e. The van der Waals surface area contributed by atoms with Gasteiger partial charge >= 0.3 is 40.9 Å². The second kappa shape index (κ2) is 43.1. The number of benzene rings is 7. The van der Waals surface area contributed by atoms with Gasteiger partial charge in [-0.3, -0.25) is 20.2 Å². The van der Waals surface area contributed by atoms with E-state index in [0.29, 0.717) is 76.5 Å². The average molecular weight is 1920 g/mol. The number of methoxy groups -OCH3 is 2. The quantitative estimate of drug-likeness (QED) is 0.00801. The number of nitrogens with zero attached hydrogens (tertiary/aromatic N) is 6. The number of thiocarbonyl (C=S) groups is 2. The molecule has 0 aliphatic carbocycles. The molecule has 12 aromatic rings. The van der Waals surface area contributed by atoms with E-state index in [1.54, 1.807) is 92.6 Å². The fourth-order valence-electron chi connectivity index (χ4n) is 8.73. The highest BCUT2D eigenvalue weighted by molar-refractivity contribution is 8.93. The summed E-state index contributed by atoms with van der Waals surface area (Å²) in [6.45, 7) is 15.2. The summed E-state index contributed by atoms with van der Waals surface area (Å²) < 4.78 is 170. The number of anilines is 4. The van der Waals surface area contributed by atoms with E-state index in [1.165, 1.54) is 62.8 Å². The summed E-state index contributed by atoms with van der Waals surface area (Å²) in [6, 6.07) is 24.5. The molecule has 0 aliphatic heterocycles. The van der Waals surface area contributed by atoms with E-state index in [2.05, 4.69) is 56.9 Å². The van der Waals surface area contributed by atoms with Crippen molar-refractivity contribution in [1.29, 1.82) is 0 Å². The molecular weight excluding hydrogens is 1850 g/mol. The first-order valence-electron chi connectivity index (χ1n) is 32.2. The number of phenolic OH excluding ortho intramolecular Hbond substituents is 2. The summed E-state index contributed by atoms with van der Waals surface area (Å²) in [5, 5.41) is 44.9. The number of isothiocyanates is 1. The van der Waals surface area contributed by atoms with Gasteiger partial charge in [0.1, 0.15) is 102 Å². The van der Waals surface area contributed by atoms with Crippen molar-refractivity contribution in [3.05, 3.63) is 160 Å². The van der Waals surface area contributed by atoms with Crippen molar-refractivity contribution < 1.29 is 115 Å². The van der Waals surface area contributed by atoms with Gasteiger partial charge < -0.3 is 65.3 Å². The number of hydrogen-bond donors (Lipinski definition) is 9. The van der Waals surface area contributed by atoms with Gasteiger partial charge in [0.2, 0.25) is 0 Å². The minimum Gasteiger partial charge on any atom is -0.506 e. The summed E-state index contributed by atoms with van der Waals surface area (Å²) in [7, 11) is -4.67. The molecule has 0 radical (unpaired) electrons. The van der Waals surface area contributed by atoms with E-state index in [0.717, 1.165) is 63.5 Å². The van der Waals surface area contributed by atoms with Crippen molar-refractivity contribution in [1.82, 2.24) is 24.9 Å². The standard InChI is InChI=1S/C13H15BFNO4S.C13H12F4N2O5S2.C12H13FN2O3S.C9H10FNOS.C8H7FN2OS.C8H5NOS.C7H5FN2OS.2BrH/c1-13(2,3)20-10(17)6-9-16-11-7(14(18)19)4-5-8(15)12(11)21-9;1-12(2,3)23-11(20)19-10-18-8-7(5-4-6(14)9(8)25-10)24-26(21,22)13(15,16)17;1-12(2,3)18-11(17)15-10-14-8-7(16)5-4-6(13)9(8)19-10;1-12-8-3-2-7(10)4-6(8)5-9(11)13;1-12-5-3-2-4(9)7-6(5)11-8(10)13-7;10-8(9-6-11)7-4-2-1-3-5-7;8-3-1-2-4(11)5-6(3)12-7(9)10-5;;/h4-5,18-19H,6H2,1-3H3;4-5H,1-3H3,(H,18,19,20);4-5,16H,1-3H3,(H,14,15,17);2-4H,5H2,1H3,(H2,11,13);2-3H,1H3,(H2,10,11);1-5H;1-2,11H,(H2,9,10);2*1H. The largest absolute Gasteiger partial charge is 0.534 e. The molecule has 628 valence electrons. The Morgan fingerprint density at radius 2 is 0.957 bits per heavy atom. The molecule has 5 aromatic heterocycles. The molecule has 12 N–H and O–H groups in total. The highest BCUT2D eigenvalue weighted by Crippen LogP contribution is 2.39. The molecule has 0 atom stereocenters. The van der Waals surface area contributed by atoms with Gasteiger partial charge in [-0.25, -0.2) is 60.9 Å². The van der Waals surface area contributed by atoms with Crippen molar-refractivity contribution >= 4 is 244 Å². The van der Waals surface area contributed by atoms with Gasteiger partial charge in [0.25, 0.3) is 5.91 Å². The lowest BCUT2D eigenvalue weighted by atomic mass is 9.79. The number of halogens is 11. The number of ether oxygens (including phenoxy) is 5. The van der Waals surface area contributed by atoms with E-state index < -0.39 is 92.2 Å². The molecule has 3 amide bonds. The van der Waals surface area contributed by atoms with Crippen LogP contribution in [-0.4, -0.2) is 131 Å². The van der Waals surface area contributed by atoms with Crippen LogP contribution in [0.5, 0.6) is 28.7 Å². The SMILES string of the molecule is Br.Br.CC(C)(C)OC(=O)Cc1nc2c(B(O)O)ccc(F)c2s1.CC(C)(C)OC(=O)Nc1nc2c(O)ccc(F)c2s1.CC(C)(C)OC(=O)Nc1nc2c(OS(=O)(=O)C(F)(F)F)ccc(F)c2s1.COc1ccc(F)c2sc(N)nc12.COc1ccc(F)cc1CC(N)=S.Nc1nc2c(O)ccc(F)c2s1.O=C(N=C=S)c1ccccc1. The number of esters is 1. The Balaban J connectivity index is 0.000000292. The maximum absolute atomic E-state index is 13.9. The third kappa shape index (κ3) is 30.0. The van der Waals surface area contributed by atoms with Crippen LogP contribution >= 0.6 is 115 Å². The Hall–Kier alpha value is -9.78. The van der Waals surface area contributed by atoms with Crippen LogP contribution in [0.15, 0.2) is 114 Å². The fourth-order valence-corrected chi connectivity index (χ4v) is 13.7. The Bertz CT molecular complexity index is 5610. The molecule has 0 unspecified atom stereocenters. The Morgan fingerprint density at radius 1 is 0.547 bits per heavy atom. The molecule has 117 heavy (non-hydrogen) atoms. The number of phenols is 2. The number of fused-ring (bicyclic) bond motifs is 5. The molecule has 0 saturated carbocycles. The van der Waals surface area contributed by atoms with Gasteiger partial charge in [-0.15, -0.1) is 45.3 Å². The van der Waals surface area contributed by atoms with Crippen LogP contribution in [0.2, 0.25) is 0 Å². The third-order valence-electron chi connectivity index (χ3n) is 13.2. The number of carbonyl (C=O) groups excluding carboxylic acids is 4. The summed E-state index contributed by atoms with van der Waals surface area (Å²) >= 11 is 13.7. The van der Waals surface area contributed by atoms with Crippen LogP contribution in [0.1, 0.15) is 83.2 Å². The molecule has 7 aromatic carbocycles. The minimum atomic E-state index is -5.96. The third-order valence-corrected chi connectivity index (χ3v) is 19.2. The highest BCUT2D eigenvalue weighted by atomic mass is 79.9. The van der Waals surface area contributed by atoms with Crippen LogP contribution in [0.25, 0.3) is 51.1 Å². The number of aromatic hydroxyl groups is 2. The fraction of sp³-hybridized carbons (Fsp3) is 0.243.